The van der Waals surface area contributed by atoms with E-state index in [0.717, 1.165) is 16.0 Å². The third-order valence-corrected chi connectivity index (χ3v) is 5.89. The molecule has 0 atom stereocenters. The van der Waals surface area contributed by atoms with Crippen molar-refractivity contribution < 1.29 is 13.2 Å². The number of halogens is 1. The SMILES string of the molecule is CCOc1ccc2nc(NS(=O)(=O)c3cccc(Br)c3)sc2c1. The van der Waals surface area contributed by atoms with E-state index in [2.05, 4.69) is 25.6 Å². The summed E-state index contributed by atoms with van der Waals surface area (Å²) in [6.45, 7) is 2.49. The molecule has 0 saturated heterocycles. The molecule has 0 bridgehead atoms. The van der Waals surface area contributed by atoms with Crippen LogP contribution in [0.1, 0.15) is 6.92 Å². The van der Waals surface area contributed by atoms with E-state index in [1.54, 1.807) is 18.2 Å². The van der Waals surface area contributed by atoms with Crippen LogP contribution in [0.5, 0.6) is 5.75 Å². The first kappa shape index (κ1) is 16.2. The molecule has 1 heterocycles. The van der Waals surface area contributed by atoms with Crippen LogP contribution in [-0.2, 0) is 10.0 Å². The van der Waals surface area contributed by atoms with E-state index in [1.165, 1.54) is 17.4 Å². The minimum absolute atomic E-state index is 0.182. The van der Waals surface area contributed by atoms with E-state index < -0.39 is 10.0 Å². The van der Waals surface area contributed by atoms with Gasteiger partial charge in [-0.15, -0.1) is 0 Å². The maximum atomic E-state index is 12.4. The molecule has 8 heteroatoms. The lowest BCUT2D eigenvalue weighted by atomic mass is 10.3. The van der Waals surface area contributed by atoms with E-state index in [1.807, 2.05) is 25.1 Å². The Kier molecular flexibility index (Phi) is 4.56. The fourth-order valence-electron chi connectivity index (χ4n) is 2.01. The Labute approximate surface area is 146 Å². The molecule has 0 aliphatic carbocycles. The van der Waals surface area contributed by atoms with Gasteiger partial charge in [0.25, 0.3) is 10.0 Å². The van der Waals surface area contributed by atoms with Gasteiger partial charge < -0.3 is 4.74 Å². The molecule has 23 heavy (non-hydrogen) atoms. The van der Waals surface area contributed by atoms with Gasteiger partial charge >= 0.3 is 0 Å². The highest BCUT2D eigenvalue weighted by Crippen LogP contribution is 2.30. The number of fused-ring (bicyclic) bond motifs is 1. The number of hydrogen-bond acceptors (Lipinski definition) is 5. The average molecular weight is 413 g/mol. The Morgan fingerprint density at radius 2 is 2.09 bits per heavy atom. The van der Waals surface area contributed by atoms with Crippen LogP contribution in [0.2, 0.25) is 0 Å². The third-order valence-electron chi connectivity index (χ3n) is 3.00. The van der Waals surface area contributed by atoms with Gasteiger partial charge in [-0.25, -0.2) is 13.4 Å². The van der Waals surface area contributed by atoms with E-state index in [-0.39, 0.29) is 4.90 Å². The molecule has 0 saturated carbocycles. The first-order valence-corrected chi connectivity index (χ1v) is 9.89. The van der Waals surface area contributed by atoms with Crippen LogP contribution >= 0.6 is 27.3 Å². The van der Waals surface area contributed by atoms with Crippen molar-refractivity contribution in [2.75, 3.05) is 11.3 Å². The molecule has 0 fully saturated rings. The largest absolute Gasteiger partial charge is 0.494 e. The number of aromatic nitrogens is 1. The van der Waals surface area contributed by atoms with Gasteiger partial charge in [-0.05, 0) is 43.3 Å². The fraction of sp³-hybridized carbons (Fsp3) is 0.133. The van der Waals surface area contributed by atoms with E-state index >= 15 is 0 Å². The molecule has 0 spiro atoms. The van der Waals surface area contributed by atoms with Gasteiger partial charge in [-0.2, -0.15) is 0 Å². The average Bonchev–Trinajstić information content (AvgIpc) is 2.88. The lowest BCUT2D eigenvalue weighted by Crippen LogP contribution is -2.12. The van der Waals surface area contributed by atoms with Crippen molar-refractivity contribution >= 4 is 52.6 Å². The molecule has 1 N–H and O–H groups in total. The summed E-state index contributed by atoms with van der Waals surface area (Å²) < 4.78 is 34.3. The fourth-order valence-corrected chi connectivity index (χ4v) is 4.74. The number of thiazole rings is 1. The molecule has 5 nitrogen and oxygen atoms in total. The van der Waals surface area contributed by atoms with Crippen LogP contribution in [0, 0.1) is 0 Å². The van der Waals surface area contributed by atoms with Crippen LogP contribution in [0.15, 0.2) is 51.8 Å². The highest BCUT2D eigenvalue weighted by Gasteiger charge is 2.17. The molecule has 120 valence electrons. The summed E-state index contributed by atoms with van der Waals surface area (Å²) in [5.41, 5.74) is 0.727. The zero-order valence-corrected chi connectivity index (χ0v) is 15.3. The first-order chi connectivity index (χ1) is 11.0. The second-order valence-electron chi connectivity index (χ2n) is 4.64. The maximum absolute atomic E-state index is 12.4. The zero-order chi connectivity index (χ0) is 16.4. The molecule has 0 radical (unpaired) electrons. The molecule has 1 aromatic heterocycles. The van der Waals surface area contributed by atoms with Crippen LogP contribution in [0.25, 0.3) is 10.2 Å². The minimum atomic E-state index is -3.67. The van der Waals surface area contributed by atoms with Gasteiger partial charge in [0.15, 0.2) is 5.13 Å². The summed E-state index contributed by atoms with van der Waals surface area (Å²) >= 11 is 4.54. The van der Waals surface area contributed by atoms with Crippen LogP contribution < -0.4 is 9.46 Å². The van der Waals surface area contributed by atoms with Gasteiger partial charge in [-0.3, -0.25) is 4.72 Å². The second kappa shape index (κ2) is 6.46. The number of nitrogens with zero attached hydrogens (tertiary/aromatic N) is 1. The number of sulfonamides is 1. The Hall–Kier alpha value is -1.64. The van der Waals surface area contributed by atoms with Crippen molar-refractivity contribution in [3.8, 4) is 5.75 Å². The zero-order valence-electron chi connectivity index (χ0n) is 12.1. The number of benzene rings is 2. The van der Waals surface area contributed by atoms with Crippen molar-refractivity contribution in [2.24, 2.45) is 0 Å². The van der Waals surface area contributed by atoms with Crippen molar-refractivity contribution in [1.29, 1.82) is 0 Å². The number of ether oxygens (including phenoxy) is 1. The Morgan fingerprint density at radius 3 is 2.83 bits per heavy atom. The van der Waals surface area contributed by atoms with Gasteiger partial charge in [-0.1, -0.05) is 33.3 Å². The third kappa shape index (κ3) is 3.65. The predicted molar refractivity (Wildman–Crippen MR) is 95.7 cm³/mol. The molecule has 2 aromatic carbocycles. The first-order valence-electron chi connectivity index (χ1n) is 6.80. The molecular formula is C15H13BrN2O3S2. The predicted octanol–water partition coefficient (Wildman–Crippen LogP) is 4.26. The van der Waals surface area contributed by atoms with Crippen molar-refractivity contribution in [1.82, 2.24) is 4.98 Å². The monoisotopic (exact) mass is 412 g/mol. The molecule has 3 rings (SSSR count). The molecule has 0 aliphatic heterocycles. The number of rotatable bonds is 5. The topological polar surface area (TPSA) is 68.3 Å². The summed E-state index contributed by atoms with van der Waals surface area (Å²) in [7, 11) is -3.67. The minimum Gasteiger partial charge on any atom is -0.494 e. The van der Waals surface area contributed by atoms with E-state index in [0.29, 0.717) is 16.2 Å². The summed E-state index contributed by atoms with van der Waals surface area (Å²) in [6.07, 6.45) is 0. The molecule has 0 amide bonds. The second-order valence-corrected chi connectivity index (χ2v) is 8.27. The lowest BCUT2D eigenvalue weighted by Gasteiger charge is -2.04. The molecule has 0 aliphatic rings. The Balaban J connectivity index is 1.91. The summed E-state index contributed by atoms with van der Waals surface area (Å²) in [6, 6.07) is 12.0. The lowest BCUT2D eigenvalue weighted by molar-refractivity contribution is 0.341. The molecule has 0 unspecified atom stereocenters. The maximum Gasteiger partial charge on any atom is 0.263 e. The normalized spacial score (nSPS) is 11.6. The highest BCUT2D eigenvalue weighted by molar-refractivity contribution is 9.10. The summed E-state index contributed by atoms with van der Waals surface area (Å²) in [4.78, 5) is 4.49. The standard InChI is InChI=1S/C15H13BrN2O3S2/c1-2-21-11-6-7-13-14(9-11)22-15(17-13)18-23(19,20)12-5-3-4-10(16)8-12/h3-9H,2H2,1H3,(H,17,18). The summed E-state index contributed by atoms with van der Waals surface area (Å²) in [5.74, 6) is 0.741. The number of anilines is 1. The van der Waals surface area contributed by atoms with Crippen molar-refractivity contribution in [2.45, 2.75) is 11.8 Å². The van der Waals surface area contributed by atoms with Crippen LogP contribution in [0.3, 0.4) is 0 Å². The Morgan fingerprint density at radius 1 is 1.26 bits per heavy atom. The van der Waals surface area contributed by atoms with Crippen LogP contribution in [0.4, 0.5) is 5.13 Å². The van der Waals surface area contributed by atoms with E-state index in [9.17, 15) is 8.42 Å². The quantitative estimate of drug-likeness (QED) is 0.679. The summed E-state index contributed by atoms with van der Waals surface area (Å²) in [5, 5.41) is 0.327. The number of hydrogen-bond donors (Lipinski definition) is 1. The highest BCUT2D eigenvalue weighted by atomic mass is 79.9. The van der Waals surface area contributed by atoms with Crippen LogP contribution in [-0.4, -0.2) is 20.0 Å². The van der Waals surface area contributed by atoms with Gasteiger partial charge in [0.05, 0.1) is 21.7 Å². The van der Waals surface area contributed by atoms with Gasteiger partial charge in [0.2, 0.25) is 0 Å². The van der Waals surface area contributed by atoms with Crippen molar-refractivity contribution in [3.05, 3.63) is 46.9 Å². The Bertz CT molecular complexity index is 954. The van der Waals surface area contributed by atoms with Crippen molar-refractivity contribution in [3.63, 3.8) is 0 Å². The van der Waals surface area contributed by atoms with Gasteiger partial charge in [0.1, 0.15) is 5.75 Å². The van der Waals surface area contributed by atoms with Gasteiger partial charge in [0, 0.05) is 4.47 Å². The molecule has 3 aromatic rings. The molecular weight excluding hydrogens is 400 g/mol. The van der Waals surface area contributed by atoms with E-state index in [4.69, 9.17) is 4.74 Å². The number of nitrogens with one attached hydrogen (secondary N) is 1. The smallest absolute Gasteiger partial charge is 0.263 e.